The highest BCUT2D eigenvalue weighted by molar-refractivity contribution is 7.92. The lowest BCUT2D eigenvalue weighted by atomic mass is 10.1. The van der Waals surface area contributed by atoms with Gasteiger partial charge >= 0.3 is 0 Å². The second kappa shape index (κ2) is 9.77. The van der Waals surface area contributed by atoms with Gasteiger partial charge in [-0.1, -0.05) is 36.4 Å². The lowest BCUT2D eigenvalue weighted by molar-refractivity contribution is 0.0947. The van der Waals surface area contributed by atoms with Crippen LogP contribution in [0.4, 0.5) is 5.69 Å². The minimum Gasteiger partial charge on any atom is -0.496 e. The Morgan fingerprint density at radius 3 is 2.53 bits per heavy atom. The predicted molar refractivity (Wildman–Crippen MR) is 131 cm³/mol. The summed E-state index contributed by atoms with van der Waals surface area (Å²) in [6.45, 7) is 4.46. The van der Waals surface area contributed by atoms with Crippen molar-refractivity contribution in [2.45, 2.75) is 37.8 Å². The molecule has 0 bridgehead atoms. The van der Waals surface area contributed by atoms with E-state index in [-0.39, 0.29) is 23.1 Å². The molecule has 0 aromatic heterocycles. The number of anilines is 1. The molecular formula is C26H28N2O5S. The van der Waals surface area contributed by atoms with Crippen molar-refractivity contribution in [3.05, 3.63) is 83.4 Å². The largest absolute Gasteiger partial charge is 0.496 e. The van der Waals surface area contributed by atoms with Crippen molar-refractivity contribution in [1.82, 2.24) is 5.32 Å². The normalized spacial score (nSPS) is 13.0. The van der Waals surface area contributed by atoms with Gasteiger partial charge in [-0.25, -0.2) is 8.42 Å². The summed E-state index contributed by atoms with van der Waals surface area (Å²) in [6.07, 6.45) is 0.645. The molecule has 0 aliphatic carbocycles. The van der Waals surface area contributed by atoms with Gasteiger partial charge in [0.1, 0.15) is 11.5 Å². The predicted octanol–water partition coefficient (Wildman–Crippen LogP) is 4.16. The molecule has 1 heterocycles. The number of amides is 1. The van der Waals surface area contributed by atoms with Crippen LogP contribution in [0.15, 0.2) is 71.6 Å². The van der Waals surface area contributed by atoms with E-state index in [2.05, 4.69) is 5.32 Å². The van der Waals surface area contributed by atoms with Crippen molar-refractivity contribution >= 4 is 21.6 Å². The standard InChI is InChI=1S/C26H28N2O5S/c1-18(2)33-24-11-7-5-9-20(24)17-27-26(29)22-16-21(12-13-25(22)32-3)34(30,31)28-15-14-19-8-4-6-10-23(19)28/h4-13,16,18H,14-15,17H2,1-3H3,(H,27,29). The van der Waals surface area contributed by atoms with Crippen LogP contribution in [0, 0.1) is 0 Å². The van der Waals surface area contributed by atoms with E-state index >= 15 is 0 Å². The summed E-state index contributed by atoms with van der Waals surface area (Å²) < 4.78 is 39.4. The number of nitrogens with zero attached hydrogens (tertiary/aromatic N) is 1. The Kier molecular flexibility index (Phi) is 6.79. The molecule has 1 N–H and O–H groups in total. The lowest BCUT2D eigenvalue weighted by Gasteiger charge is -2.20. The van der Waals surface area contributed by atoms with Crippen molar-refractivity contribution in [2.24, 2.45) is 0 Å². The van der Waals surface area contributed by atoms with Crippen LogP contribution >= 0.6 is 0 Å². The van der Waals surface area contributed by atoms with Gasteiger partial charge < -0.3 is 14.8 Å². The van der Waals surface area contributed by atoms with E-state index in [0.717, 1.165) is 11.1 Å². The molecule has 1 amide bonds. The molecule has 8 heteroatoms. The first-order valence-corrected chi connectivity index (χ1v) is 12.6. The number of nitrogens with one attached hydrogen (secondary N) is 1. The highest BCUT2D eigenvalue weighted by atomic mass is 32.2. The number of ether oxygens (including phenoxy) is 2. The third-order valence-electron chi connectivity index (χ3n) is 5.62. The Bertz CT molecular complexity index is 1300. The van der Waals surface area contributed by atoms with Crippen LogP contribution in [0.5, 0.6) is 11.5 Å². The van der Waals surface area contributed by atoms with E-state index in [1.165, 1.54) is 29.6 Å². The van der Waals surface area contributed by atoms with Crippen LogP contribution in [0.25, 0.3) is 0 Å². The van der Waals surface area contributed by atoms with Crippen LogP contribution < -0.4 is 19.1 Å². The molecule has 4 rings (SSSR count). The van der Waals surface area contributed by atoms with Crippen LogP contribution in [-0.4, -0.2) is 34.1 Å². The molecular weight excluding hydrogens is 452 g/mol. The van der Waals surface area contributed by atoms with Gasteiger partial charge in [0.25, 0.3) is 15.9 Å². The van der Waals surface area contributed by atoms with Gasteiger partial charge in [-0.15, -0.1) is 0 Å². The fourth-order valence-corrected chi connectivity index (χ4v) is 5.53. The number of fused-ring (bicyclic) bond motifs is 1. The number of hydrogen-bond acceptors (Lipinski definition) is 5. The number of para-hydroxylation sites is 2. The van der Waals surface area contributed by atoms with Crippen molar-refractivity contribution < 1.29 is 22.7 Å². The zero-order chi connectivity index (χ0) is 24.3. The summed E-state index contributed by atoms with van der Waals surface area (Å²) in [5.41, 5.74) is 2.63. The summed E-state index contributed by atoms with van der Waals surface area (Å²) >= 11 is 0. The molecule has 0 unspecified atom stereocenters. The van der Waals surface area contributed by atoms with Crippen molar-refractivity contribution in [1.29, 1.82) is 0 Å². The highest BCUT2D eigenvalue weighted by Gasteiger charge is 2.31. The average molecular weight is 481 g/mol. The first kappa shape index (κ1) is 23.6. The average Bonchev–Trinajstić information content (AvgIpc) is 3.27. The molecule has 3 aromatic rings. The smallest absolute Gasteiger partial charge is 0.264 e. The van der Waals surface area contributed by atoms with Gasteiger partial charge in [0.15, 0.2) is 0 Å². The number of sulfonamides is 1. The summed E-state index contributed by atoms with van der Waals surface area (Å²) in [5, 5.41) is 2.86. The quantitative estimate of drug-likeness (QED) is 0.523. The molecule has 0 saturated heterocycles. The Hall–Kier alpha value is -3.52. The monoisotopic (exact) mass is 480 g/mol. The third kappa shape index (κ3) is 4.72. The third-order valence-corrected chi connectivity index (χ3v) is 7.43. The first-order valence-electron chi connectivity index (χ1n) is 11.1. The summed E-state index contributed by atoms with van der Waals surface area (Å²) in [4.78, 5) is 13.1. The van der Waals surface area contributed by atoms with Gasteiger partial charge in [0.05, 0.1) is 29.4 Å². The first-order chi connectivity index (χ1) is 16.3. The molecule has 0 spiro atoms. The summed E-state index contributed by atoms with van der Waals surface area (Å²) in [7, 11) is -2.40. The van der Waals surface area contributed by atoms with Crippen LogP contribution in [0.1, 0.15) is 35.3 Å². The minimum atomic E-state index is -3.84. The number of hydrogen-bond donors (Lipinski definition) is 1. The number of carbonyl (C=O) groups excluding carboxylic acids is 1. The molecule has 0 fully saturated rings. The van der Waals surface area contributed by atoms with Crippen molar-refractivity contribution in [3.8, 4) is 11.5 Å². The molecule has 3 aromatic carbocycles. The van der Waals surface area contributed by atoms with Crippen molar-refractivity contribution in [2.75, 3.05) is 18.0 Å². The van der Waals surface area contributed by atoms with Crippen molar-refractivity contribution in [3.63, 3.8) is 0 Å². The van der Waals surface area contributed by atoms with E-state index in [9.17, 15) is 13.2 Å². The molecule has 0 atom stereocenters. The van der Waals surface area contributed by atoms with E-state index in [1.54, 1.807) is 6.07 Å². The summed E-state index contributed by atoms with van der Waals surface area (Å²) in [5.74, 6) is 0.550. The fraction of sp³-hybridized carbons (Fsp3) is 0.269. The van der Waals surface area contributed by atoms with Crippen LogP contribution in [0.3, 0.4) is 0 Å². The second-order valence-corrected chi connectivity index (χ2v) is 10.1. The van der Waals surface area contributed by atoms with E-state index in [0.29, 0.717) is 30.2 Å². The van der Waals surface area contributed by atoms with Crippen LogP contribution in [0.2, 0.25) is 0 Å². The number of methoxy groups -OCH3 is 1. The Morgan fingerprint density at radius 2 is 1.76 bits per heavy atom. The second-order valence-electron chi connectivity index (χ2n) is 8.27. The SMILES string of the molecule is COc1ccc(S(=O)(=O)N2CCc3ccccc32)cc1C(=O)NCc1ccccc1OC(C)C. The maximum atomic E-state index is 13.4. The molecule has 7 nitrogen and oxygen atoms in total. The van der Waals surface area contributed by atoms with Crippen LogP contribution in [-0.2, 0) is 23.0 Å². The topological polar surface area (TPSA) is 84.9 Å². The lowest BCUT2D eigenvalue weighted by Crippen LogP contribution is -2.30. The maximum Gasteiger partial charge on any atom is 0.264 e. The Morgan fingerprint density at radius 1 is 1.03 bits per heavy atom. The highest BCUT2D eigenvalue weighted by Crippen LogP contribution is 2.34. The molecule has 178 valence electrons. The van der Waals surface area contributed by atoms with E-state index in [4.69, 9.17) is 9.47 Å². The molecule has 1 aliphatic rings. The number of carbonyl (C=O) groups is 1. The van der Waals surface area contributed by atoms with Gasteiger partial charge in [-0.2, -0.15) is 0 Å². The zero-order valence-electron chi connectivity index (χ0n) is 19.4. The molecule has 34 heavy (non-hydrogen) atoms. The molecule has 0 saturated carbocycles. The number of benzene rings is 3. The fourth-order valence-electron chi connectivity index (χ4n) is 4.00. The Balaban J connectivity index is 1.59. The minimum absolute atomic E-state index is 0.00504. The molecule has 1 aliphatic heterocycles. The van der Waals surface area contributed by atoms with Gasteiger partial charge in [-0.3, -0.25) is 9.10 Å². The number of rotatable bonds is 8. The zero-order valence-corrected chi connectivity index (χ0v) is 20.3. The van der Waals surface area contributed by atoms with Gasteiger partial charge in [0.2, 0.25) is 0 Å². The van der Waals surface area contributed by atoms with E-state index in [1.807, 2.05) is 56.3 Å². The van der Waals surface area contributed by atoms with Gasteiger partial charge in [-0.05, 0) is 56.2 Å². The molecule has 0 radical (unpaired) electrons. The Labute approximate surface area is 200 Å². The van der Waals surface area contributed by atoms with E-state index < -0.39 is 15.9 Å². The summed E-state index contributed by atoms with van der Waals surface area (Å²) in [6, 6.07) is 19.3. The van der Waals surface area contributed by atoms with Gasteiger partial charge in [0, 0.05) is 18.7 Å². The maximum absolute atomic E-state index is 13.4.